The summed E-state index contributed by atoms with van der Waals surface area (Å²) >= 11 is 0. The molecule has 0 radical (unpaired) electrons. The first-order valence-corrected chi connectivity index (χ1v) is 7.80. The summed E-state index contributed by atoms with van der Waals surface area (Å²) in [5.74, 6) is 3.77. The molecule has 2 N–H and O–H groups in total. The topological polar surface area (TPSA) is 58.6 Å². The molecule has 0 atom stereocenters. The number of alkyl halides is 3. The number of ether oxygens (including phenoxy) is 1. The lowest BCUT2D eigenvalue weighted by Gasteiger charge is -2.30. The Bertz CT molecular complexity index is 650. The van der Waals surface area contributed by atoms with E-state index in [0.29, 0.717) is 5.56 Å². The highest BCUT2D eigenvalue weighted by Gasteiger charge is 2.38. The third kappa shape index (κ3) is 5.98. The number of carbonyl (C=O) groups is 1. The fourth-order valence-corrected chi connectivity index (χ4v) is 2.08. The van der Waals surface area contributed by atoms with Crippen molar-refractivity contribution in [3.63, 3.8) is 0 Å². The number of halogens is 3. The Morgan fingerprint density at radius 3 is 2.36 bits per heavy atom. The van der Waals surface area contributed by atoms with Gasteiger partial charge in [0.15, 0.2) is 6.73 Å². The van der Waals surface area contributed by atoms with Gasteiger partial charge in [-0.15, -0.1) is 0 Å². The van der Waals surface area contributed by atoms with Crippen LogP contribution < -0.4 is 10.1 Å². The van der Waals surface area contributed by atoms with E-state index in [9.17, 15) is 23.1 Å². The number of rotatable bonds is 5. The maximum absolute atomic E-state index is 12.1. The minimum absolute atomic E-state index is 0.0722. The van der Waals surface area contributed by atoms with Crippen LogP contribution in [0.4, 0.5) is 13.2 Å². The van der Waals surface area contributed by atoms with Crippen LogP contribution in [-0.2, 0) is 4.79 Å². The number of carbonyl (C=O) groups excluding carboxylic acids is 1. The van der Waals surface area contributed by atoms with Crippen molar-refractivity contribution in [2.75, 3.05) is 6.73 Å². The highest BCUT2D eigenvalue weighted by molar-refractivity contribution is 5.81. The summed E-state index contributed by atoms with van der Waals surface area (Å²) in [6.45, 7) is 6.88. The van der Waals surface area contributed by atoms with Crippen LogP contribution in [0.3, 0.4) is 0 Å². The molecule has 1 aromatic carbocycles. The van der Waals surface area contributed by atoms with Gasteiger partial charge in [-0.05, 0) is 30.0 Å². The second kappa shape index (κ2) is 8.26. The molecule has 4 nitrogen and oxygen atoms in total. The van der Waals surface area contributed by atoms with Crippen molar-refractivity contribution >= 4 is 5.91 Å². The zero-order chi connectivity index (χ0) is 19.3. The highest BCUT2D eigenvalue weighted by Crippen LogP contribution is 2.25. The summed E-state index contributed by atoms with van der Waals surface area (Å²) in [7, 11) is 0. The molecule has 0 saturated carbocycles. The minimum atomic E-state index is -4.95. The molecule has 0 fully saturated rings. The van der Waals surface area contributed by atoms with Gasteiger partial charge in [-0.25, -0.2) is 0 Å². The van der Waals surface area contributed by atoms with E-state index in [1.54, 1.807) is 17.4 Å². The lowest BCUT2D eigenvalue weighted by molar-refractivity contribution is -0.174. The lowest BCUT2D eigenvalue weighted by Crippen LogP contribution is -2.39. The Morgan fingerprint density at radius 2 is 1.84 bits per heavy atom. The van der Waals surface area contributed by atoms with E-state index in [0.717, 1.165) is 0 Å². The Labute approximate surface area is 145 Å². The first-order valence-electron chi connectivity index (χ1n) is 7.80. The van der Waals surface area contributed by atoms with Gasteiger partial charge in [0.25, 0.3) is 0 Å². The monoisotopic (exact) mass is 357 g/mol. The first kappa shape index (κ1) is 20.8. The summed E-state index contributed by atoms with van der Waals surface area (Å²) in [6, 6.07) is 6.36. The normalized spacial score (nSPS) is 11.9. The van der Waals surface area contributed by atoms with E-state index in [1.807, 2.05) is 27.7 Å². The van der Waals surface area contributed by atoms with E-state index in [1.165, 1.54) is 12.1 Å². The zero-order valence-electron chi connectivity index (χ0n) is 14.6. The molecule has 0 aliphatic heterocycles. The fourth-order valence-electron chi connectivity index (χ4n) is 2.08. The van der Waals surface area contributed by atoms with Crippen LogP contribution in [0.25, 0.3) is 0 Å². The minimum Gasteiger partial charge on any atom is -0.473 e. The largest absolute Gasteiger partial charge is 0.473 e. The van der Waals surface area contributed by atoms with Gasteiger partial charge >= 0.3 is 12.1 Å². The summed E-state index contributed by atoms with van der Waals surface area (Å²) in [6.07, 6.45) is -4.95. The molecule has 1 rings (SSSR count). The zero-order valence-corrected chi connectivity index (χ0v) is 14.6. The van der Waals surface area contributed by atoms with Crippen LogP contribution in [0.1, 0.15) is 33.3 Å². The molecule has 0 saturated heterocycles. The van der Waals surface area contributed by atoms with Crippen LogP contribution in [0, 0.1) is 23.7 Å². The van der Waals surface area contributed by atoms with E-state index < -0.39 is 24.4 Å². The number of benzene rings is 1. The molecule has 0 aliphatic rings. The van der Waals surface area contributed by atoms with Crippen LogP contribution in [0.5, 0.6) is 5.75 Å². The van der Waals surface area contributed by atoms with Crippen molar-refractivity contribution in [1.82, 2.24) is 5.32 Å². The van der Waals surface area contributed by atoms with Gasteiger partial charge < -0.3 is 15.2 Å². The van der Waals surface area contributed by atoms with Gasteiger partial charge in [0.2, 0.25) is 0 Å². The molecular formula is C18H22F3NO3. The smallest absolute Gasteiger partial charge is 0.471 e. The average molecular weight is 357 g/mol. The third-order valence-electron chi connectivity index (χ3n) is 3.73. The Morgan fingerprint density at radius 1 is 1.24 bits per heavy atom. The Kier molecular flexibility index (Phi) is 6.88. The van der Waals surface area contributed by atoms with Crippen molar-refractivity contribution in [3.05, 3.63) is 29.8 Å². The maximum Gasteiger partial charge on any atom is 0.471 e. The summed E-state index contributed by atoms with van der Waals surface area (Å²) < 4.78 is 41.3. The van der Waals surface area contributed by atoms with Gasteiger partial charge in [0, 0.05) is 5.56 Å². The number of hydrogen-bond donors (Lipinski definition) is 2. The molecule has 138 valence electrons. The number of amides is 1. The lowest BCUT2D eigenvalue weighted by atomic mass is 9.81. The second-order valence-corrected chi connectivity index (χ2v) is 6.20. The van der Waals surface area contributed by atoms with Crippen LogP contribution in [0.2, 0.25) is 0 Å². The average Bonchev–Trinajstić information content (AvgIpc) is 2.51. The molecule has 0 aromatic heterocycles. The Hall–Kier alpha value is -2.20. The van der Waals surface area contributed by atoms with E-state index in [2.05, 4.69) is 11.8 Å². The van der Waals surface area contributed by atoms with Crippen LogP contribution in [0.15, 0.2) is 24.3 Å². The van der Waals surface area contributed by atoms with Crippen molar-refractivity contribution in [3.8, 4) is 17.6 Å². The molecule has 1 amide bonds. The summed E-state index contributed by atoms with van der Waals surface area (Å²) in [4.78, 5) is 10.7. The van der Waals surface area contributed by atoms with Gasteiger partial charge in [-0.1, -0.05) is 45.6 Å². The highest BCUT2D eigenvalue weighted by atomic mass is 19.4. The molecular weight excluding hydrogens is 335 g/mol. The molecule has 0 heterocycles. The molecule has 25 heavy (non-hydrogen) atoms. The SMILES string of the molecule is CC(C)C(O)(C#Cc1cccc(OCNC(=O)C(F)(F)F)c1)C(C)C. The van der Waals surface area contributed by atoms with Gasteiger partial charge in [-0.2, -0.15) is 13.2 Å². The quantitative estimate of drug-likeness (QED) is 0.629. The molecule has 7 heteroatoms. The van der Waals surface area contributed by atoms with Gasteiger partial charge in [-0.3, -0.25) is 4.79 Å². The fraction of sp³-hybridized carbons (Fsp3) is 0.500. The summed E-state index contributed by atoms with van der Waals surface area (Å²) in [5, 5.41) is 12.2. The second-order valence-electron chi connectivity index (χ2n) is 6.20. The maximum atomic E-state index is 12.1. The van der Waals surface area contributed by atoms with Gasteiger partial charge in [0.05, 0.1) is 0 Å². The number of nitrogens with one attached hydrogen (secondary N) is 1. The van der Waals surface area contributed by atoms with E-state index >= 15 is 0 Å². The number of hydrogen-bond acceptors (Lipinski definition) is 3. The standard InChI is InChI=1S/C18H22F3NO3/c1-12(2)17(24,13(3)4)9-8-14-6-5-7-15(10-14)25-11-22-16(23)18(19,20)21/h5-7,10,12-13,24H,11H2,1-4H3,(H,22,23). The molecule has 0 spiro atoms. The van der Waals surface area contributed by atoms with Gasteiger partial charge in [0.1, 0.15) is 11.4 Å². The molecule has 1 aromatic rings. The van der Waals surface area contributed by atoms with E-state index in [-0.39, 0.29) is 17.6 Å². The molecule has 0 aliphatic carbocycles. The van der Waals surface area contributed by atoms with Crippen molar-refractivity contribution < 1.29 is 27.8 Å². The number of aliphatic hydroxyl groups is 1. The van der Waals surface area contributed by atoms with Crippen molar-refractivity contribution in [1.29, 1.82) is 0 Å². The van der Waals surface area contributed by atoms with E-state index in [4.69, 9.17) is 4.74 Å². The predicted octanol–water partition coefficient (Wildman–Crippen LogP) is 3.10. The van der Waals surface area contributed by atoms with Crippen molar-refractivity contribution in [2.24, 2.45) is 11.8 Å². The summed E-state index contributed by atoms with van der Waals surface area (Å²) in [5.41, 5.74) is -0.614. The third-order valence-corrected chi connectivity index (χ3v) is 3.73. The molecule has 0 bridgehead atoms. The van der Waals surface area contributed by atoms with Crippen LogP contribution in [-0.4, -0.2) is 29.5 Å². The Balaban J connectivity index is 2.80. The first-order chi connectivity index (χ1) is 11.5. The molecule has 0 unspecified atom stereocenters. The predicted molar refractivity (Wildman–Crippen MR) is 87.6 cm³/mol. The van der Waals surface area contributed by atoms with Crippen LogP contribution >= 0.6 is 0 Å². The van der Waals surface area contributed by atoms with Crippen molar-refractivity contribution in [2.45, 2.75) is 39.5 Å².